The molecule has 2 aromatic rings. The Balaban J connectivity index is 2.13. The van der Waals surface area contributed by atoms with Crippen molar-refractivity contribution in [3.63, 3.8) is 0 Å². The van der Waals surface area contributed by atoms with Crippen LogP contribution in [0.2, 0.25) is 0 Å². The molecule has 0 saturated heterocycles. The maximum Gasteiger partial charge on any atom is 0.437 e. The number of anilines is 1. The number of hydrogen-bond acceptors (Lipinski definition) is 5. The Kier molecular flexibility index (Phi) is 9.58. The van der Waals surface area contributed by atoms with Gasteiger partial charge >= 0.3 is 6.18 Å². The standard InChI is InChI=1S/C31H29F3N4O/c1-3-5-18-38(19-6-4-2)26-15-12-23(13-16-26)14-17-28-27(22-37)29(24(20-35)21-36)39-30(28,31(32,33)34)25-10-8-7-9-11-25/h7-17H,3-6,18-19H2,1-2H3/b17-14+. The molecule has 0 radical (unpaired) electrons. The van der Waals surface area contributed by atoms with E-state index in [0.717, 1.165) is 44.5 Å². The second-order valence-corrected chi connectivity index (χ2v) is 9.09. The van der Waals surface area contributed by atoms with Gasteiger partial charge in [0, 0.05) is 29.9 Å². The lowest BCUT2D eigenvalue weighted by Crippen LogP contribution is -2.43. The molecule has 2 aromatic carbocycles. The maximum atomic E-state index is 14.9. The zero-order valence-electron chi connectivity index (χ0n) is 21.9. The predicted molar refractivity (Wildman–Crippen MR) is 144 cm³/mol. The van der Waals surface area contributed by atoms with E-state index in [1.807, 2.05) is 24.3 Å². The molecule has 0 aliphatic carbocycles. The van der Waals surface area contributed by atoms with Crippen LogP contribution in [0.15, 0.2) is 83.2 Å². The van der Waals surface area contributed by atoms with Gasteiger partial charge in [0.25, 0.3) is 5.60 Å². The largest absolute Gasteiger partial charge is 0.465 e. The molecule has 0 aromatic heterocycles. The average molecular weight is 531 g/mol. The molecule has 1 unspecified atom stereocenters. The third kappa shape index (κ3) is 6.00. The quantitative estimate of drug-likeness (QED) is 0.294. The number of allylic oxidation sites excluding steroid dienone is 2. The van der Waals surface area contributed by atoms with E-state index in [1.54, 1.807) is 24.3 Å². The first-order chi connectivity index (χ1) is 18.8. The molecular weight excluding hydrogens is 501 g/mol. The Morgan fingerprint density at radius 1 is 0.897 bits per heavy atom. The van der Waals surface area contributed by atoms with Crippen LogP contribution in [-0.2, 0) is 10.3 Å². The highest BCUT2D eigenvalue weighted by Gasteiger charge is 2.65. The highest BCUT2D eigenvalue weighted by atomic mass is 19.4. The third-order valence-corrected chi connectivity index (χ3v) is 6.54. The lowest BCUT2D eigenvalue weighted by atomic mass is 9.83. The van der Waals surface area contributed by atoms with Crippen LogP contribution in [-0.4, -0.2) is 19.3 Å². The van der Waals surface area contributed by atoms with Gasteiger partial charge in [0.2, 0.25) is 0 Å². The summed E-state index contributed by atoms with van der Waals surface area (Å²) in [7, 11) is 0. The molecule has 3 rings (SSSR count). The number of halogens is 3. The van der Waals surface area contributed by atoms with Crippen LogP contribution in [0, 0.1) is 34.0 Å². The molecule has 0 saturated carbocycles. The number of nitrogens with zero attached hydrogens (tertiary/aromatic N) is 4. The van der Waals surface area contributed by atoms with Crippen molar-refractivity contribution in [3.8, 4) is 18.2 Å². The van der Waals surface area contributed by atoms with E-state index >= 15 is 0 Å². The molecule has 0 bridgehead atoms. The Bertz CT molecular complexity index is 1350. The van der Waals surface area contributed by atoms with E-state index in [4.69, 9.17) is 4.74 Å². The minimum Gasteiger partial charge on any atom is -0.465 e. The van der Waals surface area contributed by atoms with Crippen molar-refractivity contribution < 1.29 is 17.9 Å². The molecule has 1 aliphatic rings. The fourth-order valence-electron chi connectivity index (χ4n) is 4.48. The van der Waals surface area contributed by atoms with E-state index in [2.05, 4.69) is 18.7 Å². The summed E-state index contributed by atoms with van der Waals surface area (Å²) in [4.78, 5) is 2.30. The molecule has 5 nitrogen and oxygen atoms in total. The second-order valence-electron chi connectivity index (χ2n) is 9.09. The van der Waals surface area contributed by atoms with Crippen molar-refractivity contribution in [1.29, 1.82) is 15.8 Å². The van der Waals surface area contributed by atoms with Gasteiger partial charge in [-0.25, -0.2) is 0 Å². The van der Waals surface area contributed by atoms with Crippen LogP contribution in [0.1, 0.15) is 50.7 Å². The van der Waals surface area contributed by atoms with Gasteiger partial charge < -0.3 is 9.64 Å². The molecule has 1 aliphatic heterocycles. The van der Waals surface area contributed by atoms with Gasteiger partial charge in [-0.15, -0.1) is 0 Å². The number of ether oxygens (including phenoxy) is 1. The van der Waals surface area contributed by atoms with Crippen LogP contribution in [0.3, 0.4) is 0 Å². The van der Waals surface area contributed by atoms with Gasteiger partial charge in [0.15, 0.2) is 11.3 Å². The van der Waals surface area contributed by atoms with E-state index in [0.29, 0.717) is 5.56 Å². The first-order valence-corrected chi connectivity index (χ1v) is 12.8. The van der Waals surface area contributed by atoms with Crippen molar-refractivity contribution in [2.75, 3.05) is 18.0 Å². The number of nitriles is 3. The number of unbranched alkanes of at least 4 members (excludes halogenated alkanes) is 2. The summed E-state index contributed by atoms with van der Waals surface area (Å²) in [6, 6.07) is 19.2. The highest BCUT2D eigenvalue weighted by molar-refractivity contribution is 5.67. The van der Waals surface area contributed by atoms with E-state index < -0.39 is 34.3 Å². The lowest BCUT2D eigenvalue weighted by Gasteiger charge is -2.33. The first kappa shape index (κ1) is 29.1. The molecule has 0 fully saturated rings. The molecular formula is C31H29F3N4O. The van der Waals surface area contributed by atoms with Gasteiger partial charge in [-0.1, -0.05) is 81.3 Å². The first-order valence-electron chi connectivity index (χ1n) is 12.8. The molecule has 0 spiro atoms. The molecule has 1 heterocycles. The van der Waals surface area contributed by atoms with Crippen LogP contribution >= 0.6 is 0 Å². The van der Waals surface area contributed by atoms with Crippen LogP contribution in [0.25, 0.3) is 6.08 Å². The van der Waals surface area contributed by atoms with E-state index in [-0.39, 0.29) is 5.56 Å². The van der Waals surface area contributed by atoms with Crippen LogP contribution in [0.5, 0.6) is 0 Å². The molecule has 8 heteroatoms. The van der Waals surface area contributed by atoms with Gasteiger partial charge in [-0.05, 0) is 30.5 Å². The summed E-state index contributed by atoms with van der Waals surface area (Å²) in [5, 5.41) is 28.6. The molecule has 200 valence electrons. The van der Waals surface area contributed by atoms with Crippen LogP contribution < -0.4 is 4.90 Å². The van der Waals surface area contributed by atoms with Crippen molar-refractivity contribution in [1.82, 2.24) is 0 Å². The number of rotatable bonds is 10. The topological polar surface area (TPSA) is 83.8 Å². The summed E-state index contributed by atoms with van der Waals surface area (Å²) in [5.74, 6) is -0.679. The summed E-state index contributed by atoms with van der Waals surface area (Å²) in [6.45, 7) is 6.11. The fraction of sp³-hybridized carbons (Fsp3) is 0.323. The molecule has 1 atom stereocenters. The van der Waals surface area contributed by atoms with Gasteiger partial charge in [0.05, 0.1) is 0 Å². The maximum absolute atomic E-state index is 14.9. The zero-order chi connectivity index (χ0) is 28.5. The number of benzene rings is 2. The second kappa shape index (κ2) is 12.9. The summed E-state index contributed by atoms with van der Waals surface area (Å²) in [5.41, 5.74) is -3.39. The van der Waals surface area contributed by atoms with Gasteiger partial charge in [0.1, 0.15) is 23.8 Å². The van der Waals surface area contributed by atoms with Crippen molar-refractivity contribution in [3.05, 3.63) is 94.3 Å². The van der Waals surface area contributed by atoms with Crippen molar-refractivity contribution >= 4 is 11.8 Å². The Labute approximate surface area is 227 Å². The summed E-state index contributed by atoms with van der Waals surface area (Å²) in [6.07, 6.45) is 1.90. The van der Waals surface area contributed by atoms with Crippen molar-refractivity contribution in [2.24, 2.45) is 0 Å². The zero-order valence-corrected chi connectivity index (χ0v) is 21.9. The minimum atomic E-state index is -5.02. The normalized spacial score (nSPS) is 16.9. The monoisotopic (exact) mass is 530 g/mol. The number of alkyl halides is 3. The Morgan fingerprint density at radius 3 is 1.97 bits per heavy atom. The average Bonchev–Trinajstić information content (AvgIpc) is 3.29. The minimum absolute atomic E-state index is 0.270. The molecule has 0 amide bonds. The van der Waals surface area contributed by atoms with E-state index in [1.165, 1.54) is 36.4 Å². The number of hydrogen-bond donors (Lipinski definition) is 0. The van der Waals surface area contributed by atoms with Gasteiger partial charge in [-0.3, -0.25) is 0 Å². The van der Waals surface area contributed by atoms with E-state index in [9.17, 15) is 29.0 Å². The Hall–Kier alpha value is -4.48. The molecule has 39 heavy (non-hydrogen) atoms. The molecule has 0 N–H and O–H groups in total. The summed E-state index contributed by atoms with van der Waals surface area (Å²) < 4.78 is 50.1. The highest BCUT2D eigenvalue weighted by Crippen LogP contribution is 2.55. The Morgan fingerprint density at radius 2 is 1.49 bits per heavy atom. The van der Waals surface area contributed by atoms with Crippen molar-refractivity contribution in [2.45, 2.75) is 51.3 Å². The smallest absolute Gasteiger partial charge is 0.437 e. The van der Waals surface area contributed by atoms with Gasteiger partial charge in [-0.2, -0.15) is 29.0 Å². The fourth-order valence-corrected chi connectivity index (χ4v) is 4.48. The SMILES string of the molecule is CCCCN(CCCC)c1ccc(/C=C/C2=C(C#N)C(=C(C#N)C#N)OC2(c2ccccc2)C(F)(F)F)cc1. The summed E-state index contributed by atoms with van der Waals surface area (Å²) >= 11 is 0. The predicted octanol–water partition coefficient (Wildman–Crippen LogP) is 7.72. The third-order valence-electron chi connectivity index (χ3n) is 6.54. The van der Waals surface area contributed by atoms with Crippen LogP contribution in [0.4, 0.5) is 18.9 Å². The lowest BCUT2D eigenvalue weighted by molar-refractivity contribution is -0.249.